The van der Waals surface area contributed by atoms with E-state index >= 15 is 0 Å². The fourth-order valence-electron chi connectivity index (χ4n) is 2.56. The van der Waals surface area contributed by atoms with Crippen LogP contribution in [-0.2, 0) is 14.8 Å². The van der Waals surface area contributed by atoms with Crippen molar-refractivity contribution in [2.45, 2.75) is 44.0 Å². The molecule has 0 saturated carbocycles. The second-order valence-corrected chi connectivity index (χ2v) is 7.37. The highest BCUT2D eigenvalue weighted by Gasteiger charge is 2.34. The van der Waals surface area contributed by atoms with Crippen molar-refractivity contribution in [3.8, 4) is 0 Å². The van der Waals surface area contributed by atoms with Crippen molar-refractivity contribution in [3.63, 3.8) is 0 Å². The van der Waals surface area contributed by atoms with Gasteiger partial charge in [-0.1, -0.05) is 6.07 Å². The normalized spacial score (nSPS) is 23.8. The molecule has 0 aliphatic carbocycles. The van der Waals surface area contributed by atoms with Gasteiger partial charge in [0.1, 0.15) is 4.90 Å². The van der Waals surface area contributed by atoms with Crippen LogP contribution in [0, 0.1) is 13.8 Å². The molecule has 3 N–H and O–H groups in total. The Bertz CT molecular complexity index is 605. The maximum atomic E-state index is 12.7. The number of hydrogen-bond donors (Lipinski definition) is 2. The number of rotatable bonds is 3. The second kappa shape index (κ2) is 5.35. The van der Waals surface area contributed by atoms with Crippen molar-refractivity contribution in [1.82, 2.24) is 4.72 Å². The third kappa shape index (κ3) is 2.97. The first kappa shape index (κ1) is 15.3. The Labute approximate surface area is 120 Å². The highest BCUT2D eigenvalue weighted by atomic mass is 32.2. The van der Waals surface area contributed by atoms with Crippen molar-refractivity contribution in [2.24, 2.45) is 0 Å². The Balaban J connectivity index is 2.38. The number of nitrogens with one attached hydrogen (secondary N) is 1. The number of sulfonamides is 1. The third-order valence-corrected chi connectivity index (χ3v) is 5.64. The van der Waals surface area contributed by atoms with Crippen LogP contribution in [0.25, 0.3) is 0 Å². The highest BCUT2D eigenvalue weighted by molar-refractivity contribution is 7.89. The van der Waals surface area contributed by atoms with Gasteiger partial charge in [-0.15, -0.1) is 0 Å². The lowest BCUT2D eigenvalue weighted by molar-refractivity contribution is 0.0386. The van der Waals surface area contributed by atoms with E-state index in [0.29, 0.717) is 18.8 Å². The van der Waals surface area contributed by atoms with Gasteiger partial charge in [0.2, 0.25) is 10.0 Å². The summed E-state index contributed by atoms with van der Waals surface area (Å²) in [4.78, 5) is 0.185. The Morgan fingerprint density at radius 1 is 1.35 bits per heavy atom. The molecule has 20 heavy (non-hydrogen) atoms. The molecule has 1 aliphatic rings. The second-order valence-electron chi connectivity index (χ2n) is 5.75. The van der Waals surface area contributed by atoms with Crippen LogP contribution in [-0.4, -0.2) is 27.2 Å². The molecule has 2 rings (SSSR count). The highest BCUT2D eigenvalue weighted by Crippen LogP contribution is 2.28. The number of nitrogens with two attached hydrogens (primary N) is 1. The summed E-state index contributed by atoms with van der Waals surface area (Å²) in [7, 11) is -3.66. The summed E-state index contributed by atoms with van der Waals surface area (Å²) in [6.07, 6.45) is 1.61. The molecule has 1 aliphatic heterocycles. The zero-order valence-electron chi connectivity index (χ0n) is 12.2. The van der Waals surface area contributed by atoms with E-state index in [4.69, 9.17) is 10.5 Å². The number of benzene rings is 1. The number of nitrogen functional groups attached to an aromatic ring is 1. The maximum Gasteiger partial charge on any atom is 0.243 e. The molecule has 0 aromatic heterocycles. The molecule has 5 nitrogen and oxygen atoms in total. The van der Waals surface area contributed by atoms with Crippen LogP contribution in [0.15, 0.2) is 17.0 Å². The minimum absolute atomic E-state index is 0.185. The molecule has 0 radical (unpaired) electrons. The first-order valence-corrected chi connectivity index (χ1v) is 8.21. The average Bonchev–Trinajstić information content (AvgIpc) is 2.33. The van der Waals surface area contributed by atoms with Crippen LogP contribution in [0.4, 0.5) is 5.69 Å². The molecule has 112 valence electrons. The average molecular weight is 298 g/mol. The van der Waals surface area contributed by atoms with E-state index in [1.54, 1.807) is 13.0 Å². The molecule has 1 atom stereocenters. The smallest absolute Gasteiger partial charge is 0.243 e. The van der Waals surface area contributed by atoms with Crippen LogP contribution in [0.1, 0.15) is 30.9 Å². The van der Waals surface area contributed by atoms with Gasteiger partial charge in [-0.2, -0.15) is 0 Å². The van der Waals surface area contributed by atoms with Gasteiger partial charge in [0.15, 0.2) is 0 Å². The van der Waals surface area contributed by atoms with Crippen LogP contribution in [0.3, 0.4) is 0 Å². The van der Waals surface area contributed by atoms with Crippen molar-refractivity contribution in [1.29, 1.82) is 0 Å². The van der Waals surface area contributed by atoms with Crippen molar-refractivity contribution in [3.05, 3.63) is 23.3 Å². The summed E-state index contributed by atoms with van der Waals surface area (Å²) in [5, 5.41) is 0. The first-order valence-electron chi connectivity index (χ1n) is 6.73. The van der Waals surface area contributed by atoms with Crippen LogP contribution in [0.5, 0.6) is 0 Å². The van der Waals surface area contributed by atoms with E-state index in [1.807, 2.05) is 19.9 Å². The molecule has 0 amide bonds. The SMILES string of the molecule is Cc1ccc(N)c(S(=O)(=O)NC2(C)CCCOC2)c1C. The van der Waals surface area contributed by atoms with E-state index in [0.717, 1.165) is 18.4 Å². The lowest BCUT2D eigenvalue weighted by Crippen LogP contribution is -2.51. The molecule has 1 heterocycles. The molecular formula is C14H22N2O3S. The van der Waals surface area contributed by atoms with Gasteiger partial charge in [0, 0.05) is 6.61 Å². The summed E-state index contributed by atoms with van der Waals surface area (Å²) in [5.74, 6) is 0. The quantitative estimate of drug-likeness (QED) is 0.833. The Kier molecular flexibility index (Phi) is 4.09. The molecule has 1 aromatic rings. The third-order valence-electron chi connectivity index (χ3n) is 3.79. The number of aryl methyl sites for hydroxylation is 1. The predicted molar refractivity (Wildman–Crippen MR) is 79.1 cm³/mol. The molecule has 0 bridgehead atoms. The van der Waals surface area contributed by atoms with E-state index in [1.165, 1.54) is 0 Å². The summed E-state index contributed by atoms with van der Waals surface area (Å²) >= 11 is 0. The largest absolute Gasteiger partial charge is 0.398 e. The van der Waals surface area contributed by atoms with Gasteiger partial charge in [0.05, 0.1) is 17.8 Å². The van der Waals surface area contributed by atoms with Crippen LogP contribution in [0.2, 0.25) is 0 Å². The molecule has 0 spiro atoms. The van der Waals surface area contributed by atoms with Crippen molar-refractivity contribution >= 4 is 15.7 Å². The van der Waals surface area contributed by atoms with Crippen molar-refractivity contribution < 1.29 is 13.2 Å². The van der Waals surface area contributed by atoms with Crippen LogP contribution >= 0.6 is 0 Å². The minimum Gasteiger partial charge on any atom is -0.398 e. The molecule has 1 saturated heterocycles. The van der Waals surface area contributed by atoms with Gasteiger partial charge in [0.25, 0.3) is 0 Å². The summed E-state index contributed by atoms with van der Waals surface area (Å²) < 4.78 is 33.5. The van der Waals surface area contributed by atoms with Gasteiger partial charge < -0.3 is 10.5 Å². The molecule has 1 unspecified atom stereocenters. The molecular weight excluding hydrogens is 276 g/mol. The summed E-state index contributed by atoms with van der Waals surface area (Å²) in [6, 6.07) is 3.46. The van der Waals surface area contributed by atoms with Crippen molar-refractivity contribution in [2.75, 3.05) is 18.9 Å². The fraction of sp³-hybridized carbons (Fsp3) is 0.571. The Morgan fingerprint density at radius 3 is 2.65 bits per heavy atom. The molecule has 1 fully saturated rings. The first-order chi connectivity index (χ1) is 9.25. The number of ether oxygens (including phenoxy) is 1. The van der Waals surface area contributed by atoms with Gasteiger partial charge >= 0.3 is 0 Å². The lowest BCUT2D eigenvalue weighted by atomic mass is 9.97. The van der Waals surface area contributed by atoms with Crippen LogP contribution < -0.4 is 10.5 Å². The lowest BCUT2D eigenvalue weighted by Gasteiger charge is -2.34. The number of hydrogen-bond acceptors (Lipinski definition) is 4. The van der Waals surface area contributed by atoms with E-state index < -0.39 is 15.6 Å². The molecule has 6 heteroatoms. The zero-order valence-corrected chi connectivity index (χ0v) is 13.0. The Morgan fingerprint density at radius 2 is 2.05 bits per heavy atom. The topological polar surface area (TPSA) is 81.4 Å². The fourth-order valence-corrected chi connectivity index (χ4v) is 4.41. The summed E-state index contributed by atoms with van der Waals surface area (Å²) in [6.45, 7) is 6.59. The van der Waals surface area contributed by atoms with Gasteiger partial charge in [-0.05, 0) is 50.8 Å². The summed E-state index contributed by atoms with van der Waals surface area (Å²) in [5.41, 5.74) is 7.18. The van der Waals surface area contributed by atoms with Gasteiger partial charge in [-0.25, -0.2) is 13.1 Å². The minimum atomic E-state index is -3.66. The van der Waals surface area contributed by atoms with Gasteiger partial charge in [-0.3, -0.25) is 0 Å². The van der Waals surface area contributed by atoms with E-state index in [9.17, 15) is 8.42 Å². The van der Waals surface area contributed by atoms with E-state index in [2.05, 4.69) is 4.72 Å². The predicted octanol–water partition coefficient (Wildman–Crippen LogP) is 1.73. The van der Waals surface area contributed by atoms with E-state index in [-0.39, 0.29) is 10.6 Å². The monoisotopic (exact) mass is 298 g/mol. The maximum absolute atomic E-state index is 12.7. The standard InChI is InChI=1S/C14H22N2O3S/c1-10-5-6-12(15)13(11(10)2)20(17,18)16-14(3)7-4-8-19-9-14/h5-6,16H,4,7-9,15H2,1-3H3. The Hall–Kier alpha value is -1.11. The molecule has 1 aromatic carbocycles. The zero-order chi connectivity index (χ0) is 15.0. The number of anilines is 1.